The van der Waals surface area contributed by atoms with Crippen molar-refractivity contribution in [1.29, 1.82) is 0 Å². The van der Waals surface area contributed by atoms with E-state index in [1.165, 1.54) is 0 Å². The van der Waals surface area contributed by atoms with Crippen LogP contribution in [0.15, 0.2) is 0 Å². The molecule has 17 heavy (non-hydrogen) atoms. The van der Waals surface area contributed by atoms with E-state index in [0.29, 0.717) is 5.92 Å². The second kappa shape index (κ2) is 4.92. The van der Waals surface area contributed by atoms with E-state index in [1.807, 2.05) is 0 Å². The fourth-order valence-corrected chi connectivity index (χ4v) is 3.02. The van der Waals surface area contributed by atoms with Gasteiger partial charge in [-0.15, -0.1) is 0 Å². The highest BCUT2D eigenvalue weighted by Gasteiger charge is 2.45. The zero-order valence-electron chi connectivity index (χ0n) is 10.5. The second-order valence-electron chi connectivity index (χ2n) is 5.12. The van der Waals surface area contributed by atoms with Crippen LogP contribution >= 0.6 is 0 Å². The van der Waals surface area contributed by atoms with Crippen LogP contribution in [0.4, 0.5) is 0 Å². The molecule has 2 unspecified atom stereocenters. The molecule has 1 aliphatic heterocycles. The fraction of sp³-hybridized carbons (Fsp3) is 0.917. The van der Waals surface area contributed by atoms with E-state index < -0.39 is 11.8 Å². The predicted octanol–water partition coefficient (Wildman–Crippen LogP) is 0.792. The fourth-order valence-electron chi connectivity index (χ4n) is 3.02. The van der Waals surface area contributed by atoms with Crippen LogP contribution in [-0.4, -0.2) is 55.6 Å². The van der Waals surface area contributed by atoms with Crippen LogP contribution in [0, 0.1) is 11.8 Å². The average Bonchev–Trinajstić information content (AvgIpc) is 2.71. The molecule has 1 saturated carbocycles. The molecular formula is C12H21NO4. The molecule has 0 aromatic heterocycles. The van der Waals surface area contributed by atoms with Crippen molar-refractivity contribution in [2.24, 2.45) is 11.8 Å². The quantitative estimate of drug-likeness (QED) is 0.723. The van der Waals surface area contributed by atoms with Crippen LogP contribution in [0.3, 0.4) is 0 Å². The SMILES string of the molecule is COC1(OC)CN(CC2CCCC2C(=O)O)C1. The number of methoxy groups -OCH3 is 2. The van der Waals surface area contributed by atoms with Gasteiger partial charge in [-0.25, -0.2) is 0 Å². The number of carboxylic acids is 1. The Labute approximate surface area is 102 Å². The maximum absolute atomic E-state index is 11.1. The van der Waals surface area contributed by atoms with Gasteiger partial charge in [0.2, 0.25) is 0 Å². The molecule has 0 bridgehead atoms. The zero-order chi connectivity index (χ0) is 12.5. The van der Waals surface area contributed by atoms with Gasteiger partial charge in [0.1, 0.15) is 0 Å². The summed E-state index contributed by atoms with van der Waals surface area (Å²) in [6, 6.07) is 0. The number of rotatable bonds is 5. The van der Waals surface area contributed by atoms with Crippen LogP contribution < -0.4 is 0 Å². The van der Waals surface area contributed by atoms with E-state index in [9.17, 15) is 4.79 Å². The van der Waals surface area contributed by atoms with Gasteiger partial charge >= 0.3 is 5.97 Å². The van der Waals surface area contributed by atoms with Crippen LogP contribution in [0.2, 0.25) is 0 Å². The number of hydrogen-bond acceptors (Lipinski definition) is 4. The van der Waals surface area contributed by atoms with E-state index in [4.69, 9.17) is 14.6 Å². The molecule has 0 aromatic rings. The summed E-state index contributed by atoms with van der Waals surface area (Å²) in [4.78, 5) is 13.3. The smallest absolute Gasteiger partial charge is 0.306 e. The maximum atomic E-state index is 11.1. The molecule has 0 amide bonds. The summed E-state index contributed by atoms with van der Waals surface area (Å²) in [6.07, 6.45) is 2.89. The molecule has 5 nitrogen and oxygen atoms in total. The third-order valence-corrected chi connectivity index (χ3v) is 4.14. The highest BCUT2D eigenvalue weighted by atomic mass is 16.7. The largest absolute Gasteiger partial charge is 0.481 e. The normalized spacial score (nSPS) is 32.4. The van der Waals surface area contributed by atoms with E-state index in [-0.39, 0.29) is 5.92 Å². The van der Waals surface area contributed by atoms with Crippen molar-refractivity contribution in [3.8, 4) is 0 Å². The highest BCUT2D eigenvalue weighted by Crippen LogP contribution is 2.35. The Morgan fingerprint density at radius 3 is 2.53 bits per heavy atom. The lowest BCUT2D eigenvalue weighted by Crippen LogP contribution is -2.64. The minimum atomic E-state index is -0.641. The third kappa shape index (κ3) is 2.46. The number of carbonyl (C=O) groups is 1. The summed E-state index contributed by atoms with van der Waals surface area (Å²) in [5.74, 6) is -0.968. The highest BCUT2D eigenvalue weighted by molar-refractivity contribution is 5.70. The van der Waals surface area contributed by atoms with Crippen LogP contribution in [0.1, 0.15) is 19.3 Å². The van der Waals surface area contributed by atoms with Crippen molar-refractivity contribution in [3.05, 3.63) is 0 Å². The van der Waals surface area contributed by atoms with Crippen LogP contribution in [0.5, 0.6) is 0 Å². The second-order valence-corrected chi connectivity index (χ2v) is 5.12. The Bertz CT molecular complexity index is 282. The molecular weight excluding hydrogens is 222 g/mol. The summed E-state index contributed by atoms with van der Waals surface area (Å²) in [6.45, 7) is 2.33. The van der Waals surface area contributed by atoms with Crippen molar-refractivity contribution >= 4 is 5.97 Å². The zero-order valence-corrected chi connectivity index (χ0v) is 10.5. The van der Waals surface area contributed by atoms with Gasteiger partial charge in [-0.1, -0.05) is 6.42 Å². The lowest BCUT2D eigenvalue weighted by atomic mass is 9.93. The first-order valence-electron chi connectivity index (χ1n) is 6.16. The standard InChI is InChI=1S/C12H21NO4/c1-16-12(17-2)7-13(8-12)6-9-4-3-5-10(9)11(14)15/h9-10H,3-8H2,1-2H3,(H,14,15). The lowest BCUT2D eigenvalue weighted by molar-refractivity contribution is -0.277. The molecule has 1 heterocycles. The summed E-state index contributed by atoms with van der Waals surface area (Å²) >= 11 is 0. The molecule has 0 aromatic carbocycles. The number of hydrogen-bond donors (Lipinski definition) is 1. The molecule has 2 fully saturated rings. The van der Waals surface area contributed by atoms with Gasteiger partial charge in [0.25, 0.3) is 0 Å². The van der Waals surface area contributed by atoms with Gasteiger partial charge in [-0.3, -0.25) is 9.69 Å². The molecule has 1 N–H and O–H groups in total. The molecule has 1 saturated heterocycles. The van der Waals surface area contributed by atoms with Crippen molar-refractivity contribution in [2.45, 2.75) is 25.0 Å². The first-order valence-corrected chi connectivity index (χ1v) is 6.16. The number of likely N-dealkylation sites (tertiary alicyclic amines) is 1. The van der Waals surface area contributed by atoms with E-state index in [1.54, 1.807) is 14.2 Å². The molecule has 1 aliphatic carbocycles. The molecule has 0 radical (unpaired) electrons. The van der Waals surface area contributed by atoms with Gasteiger partial charge in [0.15, 0.2) is 5.79 Å². The number of carboxylic acid groups (broad SMARTS) is 1. The lowest BCUT2D eigenvalue weighted by Gasteiger charge is -2.48. The Balaban J connectivity index is 1.82. The summed E-state index contributed by atoms with van der Waals surface area (Å²) in [5, 5.41) is 9.11. The van der Waals surface area contributed by atoms with E-state index >= 15 is 0 Å². The third-order valence-electron chi connectivity index (χ3n) is 4.14. The predicted molar refractivity (Wildman–Crippen MR) is 61.7 cm³/mol. The molecule has 2 rings (SSSR count). The van der Waals surface area contributed by atoms with E-state index in [2.05, 4.69) is 4.90 Å². The topological polar surface area (TPSA) is 59.0 Å². The van der Waals surface area contributed by atoms with Gasteiger partial charge in [0, 0.05) is 20.8 Å². The Morgan fingerprint density at radius 2 is 2.00 bits per heavy atom. The van der Waals surface area contributed by atoms with E-state index in [0.717, 1.165) is 38.9 Å². The van der Waals surface area contributed by atoms with Gasteiger partial charge in [0.05, 0.1) is 19.0 Å². The molecule has 2 atom stereocenters. The first kappa shape index (κ1) is 12.8. The monoisotopic (exact) mass is 243 g/mol. The first-order chi connectivity index (χ1) is 8.10. The van der Waals surface area contributed by atoms with Crippen molar-refractivity contribution in [1.82, 2.24) is 4.90 Å². The minimum absolute atomic E-state index is 0.157. The van der Waals surface area contributed by atoms with Gasteiger partial charge in [-0.2, -0.15) is 0 Å². The van der Waals surface area contributed by atoms with Crippen LogP contribution in [0.25, 0.3) is 0 Å². The molecule has 5 heteroatoms. The van der Waals surface area contributed by atoms with Gasteiger partial charge < -0.3 is 14.6 Å². The average molecular weight is 243 g/mol. The number of nitrogens with zero attached hydrogens (tertiary/aromatic N) is 1. The Kier molecular flexibility index (Phi) is 3.70. The molecule has 98 valence electrons. The van der Waals surface area contributed by atoms with Gasteiger partial charge in [-0.05, 0) is 18.8 Å². The summed E-state index contributed by atoms with van der Waals surface area (Å²) < 4.78 is 10.6. The minimum Gasteiger partial charge on any atom is -0.481 e. The van der Waals surface area contributed by atoms with Crippen molar-refractivity contribution in [2.75, 3.05) is 33.9 Å². The Hall–Kier alpha value is -0.650. The summed E-state index contributed by atoms with van der Waals surface area (Å²) in [7, 11) is 3.30. The summed E-state index contributed by atoms with van der Waals surface area (Å²) in [5.41, 5.74) is 0. The van der Waals surface area contributed by atoms with Crippen molar-refractivity contribution < 1.29 is 19.4 Å². The van der Waals surface area contributed by atoms with Crippen molar-refractivity contribution in [3.63, 3.8) is 0 Å². The molecule has 0 spiro atoms. The number of ether oxygens (including phenoxy) is 2. The maximum Gasteiger partial charge on any atom is 0.306 e. The van der Waals surface area contributed by atoms with Crippen LogP contribution in [-0.2, 0) is 14.3 Å². The molecule has 2 aliphatic rings. The number of aliphatic carboxylic acids is 1. The Morgan fingerprint density at radius 1 is 1.35 bits per heavy atom.